The first-order chi connectivity index (χ1) is 9.02. The quantitative estimate of drug-likeness (QED) is 0.800. The fraction of sp³-hybridized carbons (Fsp3) is 0.333. The van der Waals surface area contributed by atoms with Gasteiger partial charge in [0.05, 0.1) is 11.1 Å². The lowest BCUT2D eigenvalue weighted by Crippen LogP contribution is -2.03. The first-order valence-corrected chi connectivity index (χ1v) is 6.24. The van der Waals surface area contributed by atoms with Gasteiger partial charge in [-0.15, -0.1) is 0 Å². The van der Waals surface area contributed by atoms with Gasteiger partial charge in [-0.2, -0.15) is 0 Å². The zero-order valence-corrected chi connectivity index (χ0v) is 10.9. The van der Waals surface area contributed by atoms with Crippen LogP contribution in [-0.4, -0.2) is 22.2 Å². The molecule has 0 aliphatic heterocycles. The average Bonchev–Trinajstić information content (AvgIpc) is 2.41. The molecule has 0 saturated carbocycles. The van der Waals surface area contributed by atoms with E-state index in [1.165, 1.54) is 37.8 Å². The minimum atomic E-state index is -1.12. The highest BCUT2D eigenvalue weighted by atomic mass is 16.4. The summed E-state index contributed by atoms with van der Waals surface area (Å²) < 4.78 is 0. The fourth-order valence-corrected chi connectivity index (χ4v) is 1.75. The third-order valence-corrected chi connectivity index (χ3v) is 2.87. The van der Waals surface area contributed by atoms with Crippen molar-refractivity contribution in [2.24, 2.45) is 0 Å². The molecule has 0 radical (unpaired) electrons. The lowest BCUT2D eigenvalue weighted by atomic mass is 10.1. The van der Waals surface area contributed by atoms with Gasteiger partial charge in [-0.3, -0.25) is 0 Å². The number of carboxylic acids is 2. The van der Waals surface area contributed by atoms with Crippen molar-refractivity contribution < 1.29 is 19.8 Å². The summed E-state index contributed by atoms with van der Waals surface area (Å²) in [6, 6.07) is 4.01. The van der Waals surface area contributed by atoms with Crippen molar-refractivity contribution in [1.82, 2.24) is 0 Å². The molecule has 0 atom stereocenters. The van der Waals surface area contributed by atoms with Crippen LogP contribution in [0.5, 0.6) is 0 Å². The molecule has 2 N–H and O–H groups in total. The molecule has 0 heterocycles. The molecule has 0 spiro atoms. The molecule has 0 amide bonds. The molecule has 0 bridgehead atoms. The number of rotatable bonds is 2. The van der Waals surface area contributed by atoms with Gasteiger partial charge >= 0.3 is 11.9 Å². The largest absolute Gasteiger partial charge is 0.478 e. The van der Waals surface area contributed by atoms with E-state index in [1.54, 1.807) is 6.92 Å². The normalized spacial score (nSPS) is 13.3. The Balaban J connectivity index is 0.000000250. The Morgan fingerprint density at radius 2 is 1.58 bits per heavy atom. The van der Waals surface area contributed by atoms with E-state index in [0.717, 1.165) is 6.07 Å². The predicted molar refractivity (Wildman–Crippen MR) is 72.7 cm³/mol. The highest BCUT2D eigenvalue weighted by Gasteiger charge is 2.10. The topological polar surface area (TPSA) is 74.6 Å². The molecule has 0 unspecified atom stereocenters. The van der Waals surface area contributed by atoms with Crippen LogP contribution >= 0.6 is 0 Å². The van der Waals surface area contributed by atoms with E-state index >= 15 is 0 Å². The number of hydrogen-bond acceptors (Lipinski definition) is 2. The number of allylic oxidation sites excluding steroid dienone is 2. The Morgan fingerprint density at radius 1 is 1.00 bits per heavy atom. The highest BCUT2D eigenvalue weighted by molar-refractivity contribution is 5.94. The van der Waals surface area contributed by atoms with Gasteiger partial charge in [0.2, 0.25) is 0 Å². The molecule has 0 aromatic heterocycles. The van der Waals surface area contributed by atoms with Crippen LogP contribution in [0, 0.1) is 6.92 Å². The number of benzene rings is 1. The van der Waals surface area contributed by atoms with Crippen LogP contribution in [0.4, 0.5) is 0 Å². The Hall–Kier alpha value is -2.10. The molecule has 1 aromatic rings. The Kier molecular flexibility index (Phi) is 5.79. The van der Waals surface area contributed by atoms with Crippen molar-refractivity contribution in [3.63, 3.8) is 0 Å². The van der Waals surface area contributed by atoms with Crippen molar-refractivity contribution in [3.8, 4) is 0 Å². The Labute approximate surface area is 112 Å². The summed E-state index contributed by atoms with van der Waals surface area (Å²) in [6.45, 7) is 1.62. The van der Waals surface area contributed by atoms with Crippen LogP contribution in [0.15, 0.2) is 30.4 Å². The molecule has 4 heteroatoms. The van der Waals surface area contributed by atoms with Gasteiger partial charge in [-0.1, -0.05) is 18.2 Å². The van der Waals surface area contributed by atoms with E-state index in [4.69, 9.17) is 10.2 Å². The summed E-state index contributed by atoms with van der Waals surface area (Å²) in [5, 5.41) is 17.3. The molecule has 19 heavy (non-hydrogen) atoms. The number of aromatic carboxylic acids is 2. The smallest absolute Gasteiger partial charge is 0.335 e. The van der Waals surface area contributed by atoms with Crippen LogP contribution in [0.2, 0.25) is 0 Å². The van der Waals surface area contributed by atoms with Gasteiger partial charge in [0.1, 0.15) is 0 Å². The van der Waals surface area contributed by atoms with Crippen LogP contribution < -0.4 is 0 Å². The van der Waals surface area contributed by atoms with Gasteiger partial charge in [-0.05, 0) is 50.3 Å². The molecular weight excluding hydrogens is 244 g/mol. The van der Waals surface area contributed by atoms with E-state index in [1.807, 2.05) is 0 Å². The number of aryl methyl sites for hydroxylation is 1. The van der Waals surface area contributed by atoms with E-state index < -0.39 is 11.9 Å². The second-order valence-corrected chi connectivity index (χ2v) is 4.40. The number of carbonyl (C=O) groups is 2. The molecule has 0 fully saturated rings. The second kappa shape index (κ2) is 7.36. The molecule has 1 aliphatic carbocycles. The van der Waals surface area contributed by atoms with E-state index in [9.17, 15) is 9.59 Å². The van der Waals surface area contributed by atoms with Crippen LogP contribution in [-0.2, 0) is 0 Å². The maximum Gasteiger partial charge on any atom is 0.335 e. The van der Waals surface area contributed by atoms with Gasteiger partial charge in [0.25, 0.3) is 0 Å². The minimum Gasteiger partial charge on any atom is -0.478 e. The van der Waals surface area contributed by atoms with Crippen LogP contribution in [0.3, 0.4) is 0 Å². The first kappa shape index (κ1) is 15.0. The Bertz CT molecular complexity index is 481. The summed E-state index contributed by atoms with van der Waals surface area (Å²) in [7, 11) is 0. The molecule has 0 saturated heterocycles. The monoisotopic (exact) mass is 262 g/mol. The number of carboxylic acid groups (broad SMARTS) is 2. The summed E-state index contributed by atoms with van der Waals surface area (Å²) >= 11 is 0. The Morgan fingerprint density at radius 3 is 1.95 bits per heavy atom. The SMILES string of the molecule is C1=CCCCC1.Cc1ccc(C(=O)O)cc1C(=O)O. The van der Waals surface area contributed by atoms with Crippen LogP contribution in [0.25, 0.3) is 0 Å². The lowest BCUT2D eigenvalue weighted by molar-refractivity contribution is 0.0695. The molecule has 102 valence electrons. The van der Waals surface area contributed by atoms with Crippen molar-refractivity contribution in [3.05, 3.63) is 47.0 Å². The molecular formula is C15H18O4. The number of hydrogen-bond donors (Lipinski definition) is 2. The fourth-order valence-electron chi connectivity index (χ4n) is 1.75. The van der Waals surface area contributed by atoms with Crippen molar-refractivity contribution in [1.29, 1.82) is 0 Å². The van der Waals surface area contributed by atoms with E-state index in [2.05, 4.69) is 12.2 Å². The van der Waals surface area contributed by atoms with Gasteiger partial charge < -0.3 is 10.2 Å². The van der Waals surface area contributed by atoms with Gasteiger partial charge in [-0.25, -0.2) is 9.59 Å². The summed E-state index contributed by atoms with van der Waals surface area (Å²) in [5.74, 6) is -2.23. The van der Waals surface area contributed by atoms with Crippen LogP contribution in [0.1, 0.15) is 52.0 Å². The third-order valence-electron chi connectivity index (χ3n) is 2.87. The summed E-state index contributed by atoms with van der Waals surface area (Å²) in [6.07, 6.45) is 10.0. The average molecular weight is 262 g/mol. The molecule has 4 nitrogen and oxygen atoms in total. The van der Waals surface area contributed by atoms with Crippen molar-refractivity contribution in [2.75, 3.05) is 0 Å². The minimum absolute atomic E-state index is 0.0111. The standard InChI is InChI=1S/C9H8O4.C6H10/c1-5-2-3-6(8(10)11)4-7(5)9(12)13;1-2-4-6-5-3-1/h2-4H,1H3,(H,10,11)(H,12,13);1-2H,3-6H2. The first-order valence-electron chi connectivity index (χ1n) is 6.24. The summed E-state index contributed by atoms with van der Waals surface area (Å²) in [5.41, 5.74) is 0.570. The predicted octanol–water partition coefficient (Wildman–Crippen LogP) is 3.51. The second-order valence-electron chi connectivity index (χ2n) is 4.40. The van der Waals surface area contributed by atoms with Gasteiger partial charge in [0, 0.05) is 0 Å². The van der Waals surface area contributed by atoms with Crippen molar-refractivity contribution >= 4 is 11.9 Å². The maximum atomic E-state index is 10.6. The van der Waals surface area contributed by atoms with Gasteiger partial charge in [0.15, 0.2) is 0 Å². The maximum absolute atomic E-state index is 10.6. The zero-order valence-electron chi connectivity index (χ0n) is 10.9. The third kappa shape index (κ3) is 4.95. The molecule has 1 aliphatic rings. The van der Waals surface area contributed by atoms with E-state index in [-0.39, 0.29) is 11.1 Å². The summed E-state index contributed by atoms with van der Waals surface area (Å²) in [4.78, 5) is 21.1. The highest BCUT2D eigenvalue weighted by Crippen LogP contribution is 2.11. The van der Waals surface area contributed by atoms with Crippen molar-refractivity contribution in [2.45, 2.75) is 32.6 Å². The van der Waals surface area contributed by atoms with E-state index in [0.29, 0.717) is 5.56 Å². The molecule has 2 rings (SSSR count). The molecule has 1 aromatic carbocycles. The lowest BCUT2D eigenvalue weighted by Gasteiger charge is -2.01. The zero-order chi connectivity index (χ0) is 14.3.